The molecule has 1 aliphatic rings. The minimum atomic E-state index is 0.0393. The van der Waals surface area contributed by atoms with Gasteiger partial charge in [0.05, 0.1) is 5.69 Å². The largest absolute Gasteiger partial charge is 0.397 e. The maximum Gasteiger partial charge on any atom is 0.266 e. The lowest BCUT2D eigenvalue weighted by Gasteiger charge is -2.31. The van der Waals surface area contributed by atoms with E-state index in [1.54, 1.807) is 6.20 Å². The minimum absolute atomic E-state index is 0.0393. The SMILES string of the molecule is CN(C(=O)c1sc2ncccc2c1N)C1CCCCC1. The number of nitrogens with two attached hydrogens (primary N) is 1. The van der Waals surface area contributed by atoms with Crippen molar-refractivity contribution >= 4 is 33.1 Å². The van der Waals surface area contributed by atoms with Crippen LogP contribution in [0.3, 0.4) is 0 Å². The minimum Gasteiger partial charge on any atom is -0.397 e. The first-order valence-corrected chi connectivity index (χ1v) is 7.90. The highest BCUT2D eigenvalue weighted by molar-refractivity contribution is 7.21. The molecule has 2 N–H and O–H groups in total. The molecule has 0 unspecified atom stereocenters. The van der Waals surface area contributed by atoms with Crippen molar-refractivity contribution in [3.05, 3.63) is 23.2 Å². The maximum atomic E-state index is 12.7. The molecule has 0 aliphatic heterocycles. The van der Waals surface area contributed by atoms with Crippen molar-refractivity contribution in [1.82, 2.24) is 9.88 Å². The van der Waals surface area contributed by atoms with Crippen LogP contribution in [-0.2, 0) is 0 Å². The van der Waals surface area contributed by atoms with Crippen LogP contribution in [0.15, 0.2) is 18.3 Å². The Morgan fingerprint density at radius 1 is 1.40 bits per heavy atom. The van der Waals surface area contributed by atoms with Crippen LogP contribution >= 0.6 is 11.3 Å². The molecule has 5 heteroatoms. The molecule has 0 saturated heterocycles. The highest BCUT2D eigenvalue weighted by atomic mass is 32.1. The van der Waals surface area contributed by atoms with E-state index < -0.39 is 0 Å². The Morgan fingerprint density at radius 3 is 2.85 bits per heavy atom. The lowest BCUT2D eigenvalue weighted by molar-refractivity contribution is 0.0702. The van der Waals surface area contributed by atoms with E-state index in [1.165, 1.54) is 30.6 Å². The van der Waals surface area contributed by atoms with Crippen LogP contribution in [0.5, 0.6) is 0 Å². The summed E-state index contributed by atoms with van der Waals surface area (Å²) in [6.45, 7) is 0. The molecule has 3 rings (SSSR count). The Labute approximate surface area is 122 Å². The highest BCUT2D eigenvalue weighted by Gasteiger charge is 2.26. The van der Waals surface area contributed by atoms with E-state index in [-0.39, 0.29) is 5.91 Å². The lowest BCUT2D eigenvalue weighted by Crippen LogP contribution is -2.38. The first kappa shape index (κ1) is 13.4. The van der Waals surface area contributed by atoms with Crippen molar-refractivity contribution < 1.29 is 4.79 Å². The molecule has 2 aromatic heterocycles. The number of amides is 1. The third kappa shape index (κ3) is 2.26. The van der Waals surface area contributed by atoms with Crippen LogP contribution in [0.4, 0.5) is 5.69 Å². The fraction of sp³-hybridized carbons (Fsp3) is 0.467. The topological polar surface area (TPSA) is 59.2 Å². The number of nitrogens with zero attached hydrogens (tertiary/aromatic N) is 2. The normalized spacial score (nSPS) is 16.4. The van der Waals surface area contributed by atoms with E-state index in [0.29, 0.717) is 16.6 Å². The van der Waals surface area contributed by atoms with Gasteiger partial charge in [-0.25, -0.2) is 4.98 Å². The second-order valence-electron chi connectivity index (χ2n) is 5.41. The van der Waals surface area contributed by atoms with E-state index in [4.69, 9.17) is 5.73 Å². The van der Waals surface area contributed by atoms with Crippen molar-refractivity contribution in [2.45, 2.75) is 38.1 Å². The molecule has 1 amide bonds. The Morgan fingerprint density at radius 2 is 2.15 bits per heavy atom. The molecule has 4 nitrogen and oxygen atoms in total. The number of thiophene rings is 1. The van der Waals surface area contributed by atoms with Crippen LogP contribution in [0.2, 0.25) is 0 Å². The summed E-state index contributed by atoms with van der Waals surface area (Å²) in [5.41, 5.74) is 6.70. The molecule has 1 saturated carbocycles. The number of carbonyl (C=O) groups excluding carboxylic acids is 1. The summed E-state index contributed by atoms with van der Waals surface area (Å²) in [4.78, 5) is 20.3. The molecule has 0 atom stereocenters. The van der Waals surface area contributed by atoms with Crippen LogP contribution in [0, 0.1) is 0 Å². The van der Waals surface area contributed by atoms with E-state index >= 15 is 0 Å². The second kappa shape index (κ2) is 5.40. The number of aromatic nitrogens is 1. The fourth-order valence-corrected chi connectivity index (χ4v) is 3.95. The van der Waals surface area contributed by atoms with Gasteiger partial charge in [-0.2, -0.15) is 0 Å². The maximum absolute atomic E-state index is 12.7. The van der Waals surface area contributed by atoms with Gasteiger partial charge in [0.15, 0.2) is 0 Å². The van der Waals surface area contributed by atoms with Gasteiger partial charge in [-0.15, -0.1) is 11.3 Å². The second-order valence-corrected chi connectivity index (χ2v) is 6.41. The summed E-state index contributed by atoms with van der Waals surface area (Å²) in [5, 5.41) is 0.887. The lowest BCUT2D eigenvalue weighted by atomic mass is 9.94. The molecule has 0 bridgehead atoms. The van der Waals surface area contributed by atoms with Gasteiger partial charge in [0.25, 0.3) is 5.91 Å². The van der Waals surface area contributed by atoms with Crippen molar-refractivity contribution in [2.75, 3.05) is 12.8 Å². The van der Waals surface area contributed by atoms with E-state index in [9.17, 15) is 4.79 Å². The number of fused-ring (bicyclic) bond motifs is 1. The fourth-order valence-electron chi connectivity index (χ4n) is 2.90. The summed E-state index contributed by atoms with van der Waals surface area (Å²) in [6, 6.07) is 4.13. The number of carbonyl (C=O) groups is 1. The van der Waals surface area contributed by atoms with Crippen molar-refractivity contribution in [3.63, 3.8) is 0 Å². The smallest absolute Gasteiger partial charge is 0.266 e. The molecule has 106 valence electrons. The Hall–Kier alpha value is -1.62. The van der Waals surface area contributed by atoms with Crippen molar-refractivity contribution in [2.24, 2.45) is 0 Å². The summed E-state index contributed by atoms with van der Waals surface area (Å²) >= 11 is 1.40. The molecule has 1 aliphatic carbocycles. The number of nitrogen functional groups attached to an aromatic ring is 1. The van der Waals surface area contributed by atoms with Gasteiger partial charge in [-0.05, 0) is 25.0 Å². The quantitative estimate of drug-likeness (QED) is 0.923. The predicted molar refractivity (Wildman–Crippen MR) is 83.0 cm³/mol. The third-order valence-electron chi connectivity index (χ3n) is 4.14. The van der Waals surface area contributed by atoms with Crippen molar-refractivity contribution in [1.29, 1.82) is 0 Å². The van der Waals surface area contributed by atoms with Gasteiger partial charge < -0.3 is 10.6 Å². The van der Waals surface area contributed by atoms with E-state index in [2.05, 4.69) is 4.98 Å². The third-order valence-corrected chi connectivity index (χ3v) is 5.26. The zero-order valence-corrected chi connectivity index (χ0v) is 12.4. The van der Waals surface area contributed by atoms with Crippen molar-refractivity contribution in [3.8, 4) is 0 Å². The zero-order valence-electron chi connectivity index (χ0n) is 11.6. The van der Waals surface area contributed by atoms with Crippen LogP contribution < -0.4 is 5.73 Å². The number of hydrogen-bond acceptors (Lipinski definition) is 4. The number of rotatable bonds is 2. The molecule has 0 radical (unpaired) electrons. The Balaban J connectivity index is 1.89. The average molecular weight is 289 g/mol. The zero-order chi connectivity index (χ0) is 14.1. The predicted octanol–water partition coefficient (Wildman–Crippen LogP) is 3.28. The van der Waals surface area contributed by atoms with Crippen LogP contribution in [0.25, 0.3) is 10.2 Å². The molecular formula is C15H19N3OS. The van der Waals surface area contributed by atoms with Gasteiger partial charge in [-0.1, -0.05) is 19.3 Å². The van der Waals surface area contributed by atoms with E-state index in [0.717, 1.165) is 23.1 Å². The van der Waals surface area contributed by atoms with Gasteiger partial charge in [0.2, 0.25) is 0 Å². The number of hydrogen-bond donors (Lipinski definition) is 1. The monoisotopic (exact) mass is 289 g/mol. The molecule has 20 heavy (non-hydrogen) atoms. The first-order valence-electron chi connectivity index (χ1n) is 7.08. The molecule has 0 aromatic carbocycles. The van der Waals surface area contributed by atoms with Gasteiger partial charge >= 0.3 is 0 Å². The van der Waals surface area contributed by atoms with Gasteiger partial charge in [-0.3, -0.25) is 4.79 Å². The number of pyridine rings is 1. The standard InChI is InChI=1S/C15H19N3OS/c1-18(10-6-3-2-4-7-10)15(19)13-12(16)11-8-5-9-17-14(11)20-13/h5,8-10H,2-4,6-7,16H2,1H3. The van der Waals surface area contributed by atoms with E-state index in [1.807, 2.05) is 24.1 Å². The van der Waals surface area contributed by atoms with Crippen LogP contribution in [-0.4, -0.2) is 28.9 Å². The van der Waals surface area contributed by atoms with Crippen LogP contribution in [0.1, 0.15) is 41.8 Å². The molecule has 2 heterocycles. The summed E-state index contributed by atoms with van der Waals surface area (Å²) < 4.78 is 0. The van der Waals surface area contributed by atoms with Gasteiger partial charge in [0, 0.05) is 24.7 Å². The molecule has 2 aromatic rings. The molecule has 1 fully saturated rings. The number of anilines is 1. The molecule has 0 spiro atoms. The summed E-state index contributed by atoms with van der Waals surface area (Å²) in [5.74, 6) is 0.0393. The van der Waals surface area contributed by atoms with Gasteiger partial charge in [0.1, 0.15) is 9.71 Å². The highest BCUT2D eigenvalue weighted by Crippen LogP contribution is 2.33. The summed E-state index contributed by atoms with van der Waals surface area (Å²) in [7, 11) is 1.90. The Kier molecular flexibility index (Phi) is 3.61. The Bertz CT molecular complexity index is 631. The first-order chi connectivity index (χ1) is 9.68. The average Bonchev–Trinajstić information content (AvgIpc) is 2.84. The molecular weight excluding hydrogens is 270 g/mol. The summed E-state index contributed by atoms with van der Waals surface area (Å²) in [6.07, 6.45) is 7.65.